The number of rotatable bonds is 9. The Balaban J connectivity index is 1.24. The summed E-state index contributed by atoms with van der Waals surface area (Å²) < 4.78 is 19.8. The minimum Gasteiger partial charge on any atom is -0.508 e. The predicted molar refractivity (Wildman–Crippen MR) is 147 cm³/mol. The summed E-state index contributed by atoms with van der Waals surface area (Å²) in [4.78, 5) is 2.50. The van der Waals surface area contributed by atoms with Crippen molar-refractivity contribution in [2.75, 3.05) is 32.8 Å². The van der Waals surface area contributed by atoms with Crippen molar-refractivity contribution in [1.29, 1.82) is 0 Å². The Morgan fingerprint density at radius 3 is 2.41 bits per heavy atom. The molecule has 1 fully saturated rings. The Bertz CT molecular complexity index is 1140. The van der Waals surface area contributed by atoms with Gasteiger partial charge in [-0.15, -0.1) is 0 Å². The summed E-state index contributed by atoms with van der Waals surface area (Å²) in [6, 6.07) is 21.8. The lowest BCUT2D eigenvalue weighted by atomic mass is 9.69. The number of hydrogen-bond acceptors (Lipinski definition) is 4. The highest BCUT2D eigenvalue weighted by molar-refractivity contribution is 5.48. The van der Waals surface area contributed by atoms with Crippen LogP contribution in [0, 0.1) is 5.82 Å². The summed E-state index contributed by atoms with van der Waals surface area (Å²) in [7, 11) is 0. The molecule has 5 heteroatoms. The second kappa shape index (κ2) is 12.1. The largest absolute Gasteiger partial charge is 0.508 e. The van der Waals surface area contributed by atoms with Crippen molar-refractivity contribution in [2.24, 2.45) is 0 Å². The molecule has 0 spiro atoms. The fourth-order valence-electron chi connectivity index (χ4n) is 6.06. The molecular formula is C32H39FN2O2. The van der Waals surface area contributed by atoms with Crippen LogP contribution in [0.1, 0.15) is 66.7 Å². The number of aryl methyl sites for hydroxylation is 1. The molecule has 37 heavy (non-hydrogen) atoms. The maximum atomic E-state index is 13.6. The molecule has 0 radical (unpaired) electrons. The summed E-state index contributed by atoms with van der Waals surface area (Å²) >= 11 is 0. The molecule has 1 aliphatic heterocycles. The number of benzene rings is 3. The van der Waals surface area contributed by atoms with Crippen LogP contribution in [0.2, 0.25) is 0 Å². The zero-order valence-electron chi connectivity index (χ0n) is 21.8. The van der Waals surface area contributed by atoms with Crippen LogP contribution in [0.15, 0.2) is 66.7 Å². The van der Waals surface area contributed by atoms with Crippen LogP contribution in [0.25, 0.3) is 0 Å². The van der Waals surface area contributed by atoms with Crippen LogP contribution in [-0.2, 0) is 6.42 Å². The fraction of sp³-hybridized carbons (Fsp3) is 0.438. The Labute approximate surface area is 220 Å². The first-order chi connectivity index (χ1) is 18.1. The van der Waals surface area contributed by atoms with E-state index < -0.39 is 0 Å². The van der Waals surface area contributed by atoms with Crippen LogP contribution >= 0.6 is 0 Å². The Hall–Kier alpha value is -2.89. The molecule has 1 saturated heterocycles. The molecule has 0 amide bonds. The number of likely N-dealkylation sites (tertiary alicyclic amines) is 1. The number of phenolic OH excluding ortho intramolecular Hbond substituents is 1. The van der Waals surface area contributed by atoms with Gasteiger partial charge in [-0.1, -0.05) is 37.3 Å². The van der Waals surface area contributed by atoms with Crippen molar-refractivity contribution in [3.63, 3.8) is 0 Å². The molecule has 3 aromatic carbocycles. The van der Waals surface area contributed by atoms with Crippen molar-refractivity contribution in [3.8, 4) is 11.5 Å². The maximum Gasteiger partial charge on any atom is 0.123 e. The monoisotopic (exact) mass is 502 g/mol. The van der Waals surface area contributed by atoms with E-state index in [1.165, 1.54) is 36.0 Å². The van der Waals surface area contributed by atoms with Crippen molar-refractivity contribution in [1.82, 2.24) is 10.2 Å². The first kappa shape index (κ1) is 25.7. The molecule has 0 unspecified atom stereocenters. The molecule has 0 bridgehead atoms. The molecule has 196 valence electrons. The first-order valence-corrected chi connectivity index (χ1v) is 13.9. The zero-order valence-corrected chi connectivity index (χ0v) is 21.8. The minimum absolute atomic E-state index is 0.145. The van der Waals surface area contributed by atoms with Gasteiger partial charge in [-0.2, -0.15) is 0 Å². The van der Waals surface area contributed by atoms with Crippen molar-refractivity contribution < 1.29 is 14.2 Å². The Morgan fingerprint density at radius 2 is 1.68 bits per heavy atom. The average Bonchev–Trinajstić information content (AvgIpc) is 2.93. The number of piperidine rings is 1. The topological polar surface area (TPSA) is 44.7 Å². The summed E-state index contributed by atoms with van der Waals surface area (Å²) in [6.07, 6.45) is 5.47. The molecule has 3 aromatic rings. The lowest BCUT2D eigenvalue weighted by molar-refractivity contribution is 0.165. The molecule has 2 N–H and O–H groups in total. The van der Waals surface area contributed by atoms with E-state index >= 15 is 0 Å². The van der Waals surface area contributed by atoms with Gasteiger partial charge in [0.15, 0.2) is 0 Å². The molecule has 4 nitrogen and oxygen atoms in total. The van der Waals surface area contributed by atoms with E-state index in [0.717, 1.165) is 50.3 Å². The van der Waals surface area contributed by atoms with E-state index in [0.29, 0.717) is 18.4 Å². The number of fused-ring (bicyclic) bond motifs is 1. The van der Waals surface area contributed by atoms with Gasteiger partial charge in [0.2, 0.25) is 0 Å². The van der Waals surface area contributed by atoms with Gasteiger partial charge in [0, 0.05) is 18.5 Å². The van der Waals surface area contributed by atoms with Gasteiger partial charge in [-0.25, -0.2) is 4.39 Å². The number of halogens is 1. The number of aromatic hydroxyl groups is 1. The highest BCUT2D eigenvalue weighted by Gasteiger charge is 2.32. The minimum atomic E-state index is -0.208. The summed E-state index contributed by atoms with van der Waals surface area (Å²) in [5.74, 6) is 1.39. The summed E-state index contributed by atoms with van der Waals surface area (Å²) in [5, 5.41) is 13.7. The lowest BCUT2D eigenvalue weighted by Gasteiger charge is -2.35. The number of nitrogens with one attached hydrogen (secondary N) is 1. The zero-order chi connectivity index (χ0) is 25.6. The number of hydrogen-bond donors (Lipinski definition) is 2. The number of phenols is 1. The second-order valence-electron chi connectivity index (χ2n) is 10.5. The van der Waals surface area contributed by atoms with E-state index in [2.05, 4.69) is 47.5 Å². The number of ether oxygens (including phenoxy) is 1. The van der Waals surface area contributed by atoms with Gasteiger partial charge >= 0.3 is 0 Å². The van der Waals surface area contributed by atoms with E-state index in [1.807, 2.05) is 18.2 Å². The summed E-state index contributed by atoms with van der Waals surface area (Å²) in [6.45, 7) is 7.24. The first-order valence-electron chi connectivity index (χ1n) is 13.9. The molecule has 0 saturated carbocycles. The highest BCUT2D eigenvalue weighted by atomic mass is 19.1. The lowest BCUT2D eigenvalue weighted by Crippen LogP contribution is -2.43. The molecule has 0 aromatic heterocycles. The van der Waals surface area contributed by atoms with E-state index in [9.17, 15) is 9.50 Å². The van der Waals surface area contributed by atoms with E-state index in [1.54, 1.807) is 18.2 Å². The third-order valence-electron chi connectivity index (χ3n) is 8.07. The molecule has 2 aliphatic rings. The van der Waals surface area contributed by atoms with Crippen molar-refractivity contribution >= 4 is 0 Å². The predicted octanol–water partition coefficient (Wildman–Crippen LogP) is 6.24. The third-order valence-corrected chi connectivity index (χ3v) is 8.07. The quantitative estimate of drug-likeness (QED) is 0.364. The SMILES string of the molecule is CCCNC1CCN(CCOc2ccc([C@@H]3c4ccc(O)cc4CC[C@@H]3c3ccc(F)cc3)cc2)CC1. The number of nitrogens with zero attached hydrogens (tertiary/aromatic N) is 1. The molecule has 2 atom stereocenters. The van der Waals surface area contributed by atoms with Crippen molar-refractivity contribution in [2.45, 2.75) is 56.9 Å². The van der Waals surface area contributed by atoms with Gasteiger partial charge < -0.3 is 15.2 Å². The van der Waals surface area contributed by atoms with Gasteiger partial charge in [0.25, 0.3) is 0 Å². The van der Waals surface area contributed by atoms with Gasteiger partial charge in [0.05, 0.1) is 0 Å². The van der Waals surface area contributed by atoms with Gasteiger partial charge in [-0.05, 0) is 116 Å². The highest BCUT2D eigenvalue weighted by Crippen LogP contribution is 2.47. The molecule has 5 rings (SSSR count). The maximum absolute atomic E-state index is 13.6. The smallest absolute Gasteiger partial charge is 0.123 e. The van der Waals surface area contributed by atoms with Gasteiger partial charge in [-0.3, -0.25) is 4.90 Å². The molecular weight excluding hydrogens is 463 g/mol. The summed E-state index contributed by atoms with van der Waals surface area (Å²) in [5.41, 5.74) is 4.80. The fourth-order valence-corrected chi connectivity index (χ4v) is 6.06. The van der Waals surface area contributed by atoms with E-state index in [4.69, 9.17) is 4.74 Å². The molecule has 1 aliphatic carbocycles. The Kier molecular flexibility index (Phi) is 8.42. The standard InChI is InChI=1S/C32H39FN2O2/c1-2-17-34-27-15-18-35(19-16-27)20-21-37-29-11-5-24(6-12-29)32-30(23-3-8-26(33)9-4-23)13-7-25-22-28(36)10-14-31(25)32/h3-6,8-12,14,22,27,30,32,34,36H,2,7,13,15-21H2,1H3/t30-,32+/m1/s1. The van der Waals surface area contributed by atoms with Crippen LogP contribution in [0.5, 0.6) is 11.5 Å². The van der Waals surface area contributed by atoms with Crippen LogP contribution < -0.4 is 10.1 Å². The van der Waals surface area contributed by atoms with Crippen LogP contribution in [0.4, 0.5) is 4.39 Å². The average molecular weight is 503 g/mol. The van der Waals surface area contributed by atoms with Crippen LogP contribution in [-0.4, -0.2) is 48.8 Å². The normalized spacial score (nSPS) is 20.5. The molecule has 1 heterocycles. The second-order valence-corrected chi connectivity index (χ2v) is 10.5. The Morgan fingerprint density at radius 1 is 0.946 bits per heavy atom. The van der Waals surface area contributed by atoms with Crippen molar-refractivity contribution in [3.05, 3.63) is 94.8 Å². The van der Waals surface area contributed by atoms with Gasteiger partial charge in [0.1, 0.15) is 23.9 Å². The van der Waals surface area contributed by atoms with E-state index in [-0.39, 0.29) is 17.7 Å². The van der Waals surface area contributed by atoms with Crippen LogP contribution in [0.3, 0.4) is 0 Å². The third kappa shape index (κ3) is 6.34.